The van der Waals surface area contributed by atoms with Gasteiger partial charge >= 0.3 is 0 Å². The quantitative estimate of drug-likeness (QED) is 0.700. The molecule has 30 heavy (non-hydrogen) atoms. The number of halogens is 2. The molecule has 0 saturated carbocycles. The summed E-state index contributed by atoms with van der Waals surface area (Å²) >= 11 is 6.41. The van der Waals surface area contributed by atoms with Gasteiger partial charge in [0.25, 0.3) is 0 Å². The van der Waals surface area contributed by atoms with E-state index in [0.29, 0.717) is 47.0 Å². The Morgan fingerprint density at radius 3 is 2.87 bits per heavy atom. The van der Waals surface area contributed by atoms with Crippen molar-refractivity contribution in [1.82, 2.24) is 25.1 Å². The van der Waals surface area contributed by atoms with Gasteiger partial charge in [0.15, 0.2) is 5.65 Å². The molecule has 3 N–H and O–H groups in total. The highest BCUT2D eigenvalue weighted by Gasteiger charge is 2.39. The van der Waals surface area contributed by atoms with E-state index in [4.69, 9.17) is 22.1 Å². The van der Waals surface area contributed by atoms with Crippen LogP contribution in [-0.2, 0) is 9.53 Å². The van der Waals surface area contributed by atoms with Crippen molar-refractivity contribution in [2.75, 3.05) is 18.9 Å². The van der Waals surface area contributed by atoms with Crippen LogP contribution in [0.25, 0.3) is 11.0 Å². The summed E-state index contributed by atoms with van der Waals surface area (Å²) in [7, 11) is 0. The Morgan fingerprint density at radius 2 is 2.20 bits per heavy atom. The van der Waals surface area contributed by atoms with Crippen LogP contribution in [0, 0.1) is 12.8 Å². The van der Waals surface area contributed by atoms with Crippen molar-refractivity contribution < 1.29 is 13.9 Å². The van der Waals surface area contributed by atoms with Crippen molar-refractivity contribution in [2.45, 2.75) is 45.0 Å². The number of ether oxygens (including phenoxy) is 1. The number of aromatic nitrogens is 4. The van der Waals surface area contributed by atoms with Gasteiger partial charge in [0.1, 0.15) is 23.7 Å². The maximum atomic E-state index is 15.2. The number of allylic oxidation sites excluding steroid dienone is 3. The van der Waals surface area contributed by atoms with Crippen molar-refractivity contribution in [3.63, 3.8) is 0 Å². The number of nitrogens with one attached hydrogen (secondary N) is 1. The lowest BCUT2D eigenvalue weighted by atomic mass is 9.84. The van der Waals surface area contributed by atoms with Crippen LogP contribution in [-0.4, -0.2) is 44.2 Å². The number of amides is 1. The second-order valence-corrected chi connectivity index (χ2v) is 8.12. The third-order valence-electron chi connectivity index (χ3n) is 5.71. The maximum absolute atomic E-state index is 15.2. The number of rotatable bonds is 5. The molecule has 1 saturated heterocycles. The number of carbonyl (C=O) groups is 1. The van der Waals surface area contributed by atoms with E-state index < -0.39 is 11.2 Å². The molecule has 4 rings (SSSR count). The zero-order valence-corrected chi connectivity index (χ0v) is 17.8. The highest BCUT2D eigenvalue weighted by atomic mass is 35.5. The summed E-state index contributed by atoms with van der Waals surface area (Å²) in [6.45, 7) is 6.35. The van der Waals surface area contributed by atoms with Gasteiger partial charge in [-0.05, 0) is 32.8 Å². The summed E-state index contributed by atoms with van der Waals surface area (Å²) in [5.74, 6) is -0.0361. The van der Waals surface area contributed by atoms with Crippen LogP contribution in [0.5, 0.6) is 0 Å². The Labute approximate surface area is 178 Å². The predicted octanol–water partition coefficient (Wildman–Crippen LogP) is 2.94. The smallest absolute Gasteiger partial charge is 0.220 e. The molecule has 10 heteroatoms. The van der Waals surface area contributed by atoms with Crippen molar-refractivity contribution in [3.8, 4) is 0 Å². The number of alkyl halides is 1. The summed E-state index contributed by atoms with van der Waals surface area (Å²) in [5.41, 5.74) is 8.52. The molecule has 1 fully saturated rings. The summed E-state index contributed by atoms with van der Waals surface area (Å²) in [5, 5.41) is 7.24. The van der Waals surface area contributed by atoms with Crippen molar-refractivity contribution in [2.24, 2.45) is 5.92 Å². The lowest BCUT2D eigenvalue weighted by molar-refractivity contribution is -0.119. The lowest BCUT2D eigenvalue weighted by Gasteiger charge is -2.31. The predicted molar refractivity (Wildman–Crippen MR) is 111 cm³/mol. The molecule has 1 aliphatic heterocycles. The number of fused-ring (bicyclic) bond motifs is 1. The first kappa shape index (κ1) is 20.6. The van der Waals surface area contributed by atoms with Gasteiger partial charge < -0.3 is 15.8 Å². The molecule has 0 radical (unpaired) electrons. The molecule has 3 atom stereocenters. The molecule has 0 spiro atoms. The van der Waals surface area contributed by atoms with Gasteiger partial charge in [0, 0.05) is 24.5 Å². The minimum atomic E-state index is -0.833. The second kappa shape index (κ2) is 7.86. The molecular formula is C20H24ClFN6O2. The van der Waals surface area contributed by atoms with Crippen LogP contribution in [0.2, 0.25) is 0 Å². The molecule has 2 aliphatic rings. The van der Waals surface area contributed by atoms with Crippen molar-refractivity contribution in [1.29, 1.82) is 0 Å². The first-order valence-electron chi connectivity index (χ1n) is 9.95. The van der Waals surface area contributed by atoms with Gasteiger partial charge in [-0.1, -0.05) is 0 Å². The maximum Gasteiger partial charge on any atom is 0.220 e. The standard InChI is InChI=1S/C20H24ClFN6O2/c1-4-30-18-12(6-13(21)17(22)16(18)11-5-14(29)24-7-11)10(3)28-20-15(9(2)27-28)19(23)25-8-26-20/h8,10-11,13H,4-7H2,1-3H3,(H,24,29)(H2,23,25,26). The van der Waals surface area contributed by atoms with E-state index >= 15 is 4.39 Å². The fraction of sp³-hybridized carbons (Fsp3) is 0.500. The molecular weight excluding hydrogens is 411 g/mol. The van der Waals surface area contributed by atoms with Gasteiger partial charge in [-0.15, -0.1) is 11.6 Å². The number of hydrogen-bond acceptors (Lipinski definition) is 6. The summed E-state index contributed by atoms with van der Waals surface area (Å²) in [4.78, 5) is 20.2. The fourth-order valence-electron chi connectivity index (χ4n) is 4.28. The van der Waals surface area contributed by atoms with Crippen LogP contribution in [0.1, 0.15) is 38.4 Å². The highest BCUT2D eigenvalue weighted by molar-refractivity contribution is 6.22. The van der Waals surface area contributed by atoms with Crippen molar-refractivity contribution >= 4 is 34.4 Å². The van der Waals surface area contributed by atoms with E-state index in [0.717, 1.165) is 5.57 Å². The minimum absolute atomic E-state index is 0.108. The Morgan fingerprint density at radius 1 is 1.43 bits per heavy atom. The largest absolute Gasteiger partial charge is 0.493 e. The first-order valence-corrected chi connectivity index (χ1v) is 10.4. The van der Waals surface area contributed by atoms with Crippen LogP contribution >= 0.6 is 11.6 Å². The minimum Gasteiger partial charge on any atom is -0.493 e. The van der Waals surface area contributed by atoms with Crippen LogP contribution in [0.15, 0.2) is 29.1 Å². The third kappa shape index (κ3) is 3.30. The molecule has 2 aromatic heterocycles. The average Bonchev–Trinajstić information content (AvgIpc) is 3.28. The Balaban J connectivity index is 1.86. The number of nitrogens with zero attached hydrogens (tertiary/aromatic N) is 4. The first-order chi connectivity index (χ1) is 14.3. The van der Waals surface area contributed by atoms with E-state index in [1.54, 1.807) is 4.68 Å². The van der Waals surface area contributed by atoms with Crippen LogP contribution < -0.4 is 11.1 Å². The molecule has 0 aromatic carbocycles. The van der Waals surface area contributed by atoms with E-state index in [9.17, 15) is 4.79 Å². The number of aryl methyl sites for hydroxylation is 1. The van der Waals surface area contributed by atoms with E-state index in [2.05, 4.69) is 20.4 Å². The van der Waals surface area contributed by atoms with Gasteiger partial charge in [-0.2, -0.15) is 5.10 Å². The number of nitrogen functional groups attached to an aromatic ring is 1. The molecule has 3 unspecified atom stereocenters. The number of anilines is 1. The zero-order valence-electron chi connectivity index (χ0n) is 17.1. The molecule has 1 aliphatic carbocycles. The molecule has 0 bridgehead atoms. The average molecular weight is 435 g/mol. The zero-order chi connectivity index (χ0) is 21.6. The van der Waals surface area contributed by atoms with Gasteiger partial charge in [0.2, 0.25) is 5.91 Å². The number of carbonyl (C=O) groups excluding carboxylic acids is 1. The summed E-state index contributed by atoms with van der Waals surface area (Å²) in [6, 6.07) is -0.313. The molecule has 8 nitrogen and oxygen atoms in total. The fourth-order valence-corrected chi connectivity index (χ4v) is 4.56. The van der Waals surface area contributed by atoms with Gasteiger partial charge in [-0.3, -0.25) is 4.79 Å². The third-order valence-corrected chi connectivity index (χ3v) is 6.05. The molecule has 160 valence electrons. The van der Waals surface area contributed by atoms with Gasteiger partial charge in [-0.25, -0.2) is 19.0 Å². The SMILES string of the molecule is CCOC1=C(C(C)n2nc(C)c3c(N)ncnc32)CC(Cl)C(F)=C1C1CNC(=O)C1. The number of hydrogen-bond donors (Lipinski definition) is 2. The topological polar surface area (TPSA) is 108 Å². The van der Waals surface area contributed by atoms with Gasteiger partial charge in [0.05, 0.1) is 29.1 Å². The van der Waals surface area contributed by atoms with Crippen LogP contribution in [0.4, 0.5) is 10.2 Å². The highest BCUT2D eigenvalue weighted by Crippen LogP contribution is 2.44. The Hall–Kier alpha value is -2.68. The summed E-state index contributed by atoms with van der Waals surface area (Å²) < 4.78 is 22.9. The normalized spacial score (nSPS) is 23.3. The number of nitrogens with two attached hydrogens (primary N) is 1. The van der Waals surface area contributed by atoms with E-state index in [1.807, 2.05) is 20.8 Å². The molecule has 1 amide bonds. The van der Waals surface area contributed by atoms with E-state index in [-0.39, 0.29) is 30.7 Å². The monoisotopic (exact) mass is 434 g/mol. The van der Waals surface area contributed by atoms with Crippen LogP contribution in [0.3, 0.4) is 0 Å². The molecule has 3 heterocycles. The van der Waals surface area contributed by atoms with E-state index in [1.165, 1.54) is 6.33 Å². The molecule has 2 aromatic rings. The Kier molecular flexibility index (Phi) is 5.40. The Bertz CT molecular complexity index is 1080. The second-order valence-electron chi connectivity index (χ2n) is 7.59. The lowest BCUT2D eigenvalue weighted by Crippen LogP contribution is -2.25. The summed E-state index contributed by atoms with van der Waals surface area (Å²) in [6.07, 6.45) is 1.87. The van der Waals surface area contributed by atoms with Crippen molar-refractivity contribution in [3.05, 3.63) is 34.8 Å².